The number of fused-ring (bicyclic) bond motifs is 8. The van der Waals surface area contributed by atoms with E-state index in [-0.39, 0.29) is 23.7 Å². The number of benzene rings is 10. The SMILES string of the molecule is C1=CCC(c2c(-c3ccccc3)c3ccc(C4=C5C=CC=CC5C(c5cccc(-c6cc(C7=C(c8cccc9c8=CCCC=9)CCC=C7)c(C7=CC=C(C8=c9ccccc9=CCC8)CC7)c(C7CC=CC=C7C7=c8ccccc8=CCC7)c6)c5)c5ccccc54)cc3c3ccccc23)C=C1. The molecule has 0 amide bonds. The van der Waals surface area contributed by atoms with Crippen LogP contribution in [0.3, 0.4) is 0 Å². The van der Waals surface area contributed by atoms with Gasteiger partial charge >= 0.3 is 0 Å². The lowest BCUT2D eigenvalue weighted by atomic mass is 9.66. The minimum Gasteiger partial charge on any atom is -0.0836 e. The predicted molar refractivity (Wildman–Crippen MR) is 425 cm³/mol. The molecule has 10 aromatic rings. The molecule has 0 spiro atoms. The third-order valence-corrected chi connectivity index (χ3v) is 23.4. The first-order valence-electron chi connectivity index (χ1n) is 37.0. The number of allylic oxidation sites excluding steroid dienone is 21. The molecule has 9 aliphatic rings. The highest BCUT2D eigenvalue weighted by molar-refractivity contribution is 6.17. The van der Waals surface area contributed by atoms with Gasteiger partial charge in [-0.25, -0.2) is 0 Å². The Morgan fingerprint density at radius 1 is 0.360 bits per heavy atom. The Morgan fingerprint density at radius 3 is 1.93 bits per heavy atom. The van der Waals surface area contributed by atoms with Crippen molar-refractivity contribution in [2.24, 2.45) is 5.92 Å². The molecule has 0 aromatic heterocycles. The standard InChI is InChI=1S/C100H80/c1-3-30-69(31-4-1)99-87-47-18-17-46-86(87)93-62-74(59-60-92(93)100(99)70-32-5-2-6-33-70)98-90-50-21-19-48-88(90)97(89-49-20-22-51-91(89)98)73-38-23-37-72(61-73)75-63-94(84-44-15-13-42-82(84)80-53-25-35-66-28-8-11-40-78(66)80)96(71-57-55-68(56-58-71)77-52-24-34-65-27-7-10-39-76(65)77)95(64-75)85-45-16-14-43-83(85)81-54-26-36-67-29-9-12-41-79(67)81/h1-8,10-11,13,15-23,26-30,32-42,45-51,54-55,57,59-64,69,84,88,97H,9,12,14,24-25,31,43-44,52-53,56,58H2. The minimum absolute atomic E-state index is 0.0752. The summed E-state index contributed by atoms with van der Waals surface area (Å²) in [5.41, 5.74) is 30.5. The summed E-state index contributed by atoms with van der Waals surface area (Å²) in [6.07, 6.45) is 58.3. The second-order valence-corrected chi connectivity index (χ2v) is 28.9. The molecule has 0 radical (unpaired) electrons. The normalized spacial score (nSPS) is 20.3. The Balaban J connectivity index is 0.812. The minimum atomic E-state index is 0.0752. The topological polar surface area (TPSA) is 0 Å². The van der Waals surface area contributed by atoms with Gasteiger partial charge in [0.1, 0.15) is 0 Å². The van der Waals surface area contributed by atoms with E-state index in [1.807, 2.05) is 0 Å². The first-order valence-corrected chi connectivity index (χ1v) is 37.0. The second kappa shape index (κ2) is 25.7. The monoisotopic (exact) mass is 1280 g/mol. The van der Waals surface area contributed by atoms with E-state index in [2.05, 4.69) is 316 Å². The highest BCUT2D eigenvalue weighted by Gasteiger charge is 2.37. The van der Waals surface area contributed by atoms with Gasteiger partial charge in [0.05, 0.1) is 0 Å². The van der Waals surface area contributed by atoms with E-state index in [4.69, 9.17) is 0 Å². The summed E-state index contributed by atoms with van der Waals surface area (Å²) in [6.45, 7) is 0. The van der Waals surface area contributed by atoms with E-state index in [1.165, 1.54) is 175 Å². The van der Waals surface area contributed by atoms with Crippen molar-refractivity contribution in [3.63, 3.8) is 0 Å². The number of hydrogen-bond acceptors (Lipinski definition) is 0. The zero-order chi connectivity index (χ0) is 66.0. The predicted octanol–water partition coefficient (Wildman–Crippen LogP) is 21.2. The van der Waals surface area contributed by atoms with Gasteiger partial charge in [0.2, 0.25) is 0 Å². The van der Waals surface area contributed by atoms with Crippen LogP contribution in [-0.4, -0.2) is 0 Å². The van der Waals surface area contributed by atoms with Gasteiger partial charge in [0, 0.05) is 23.7 Å². The zero-order valence-electron chi connectivity index (χ0n) is 56.8. The van der Waals surface area contributed by atoms with Gasteiger partial charge in [0.25, 0.3) is 0 Å². The van der Waals surface area contributed by atoms with E-state index in [0.717, 1.165) is 77.0 Å². The summed E-state index contributed by atoms with van der Waals surface area (Å²) >= 11 is 0. The summed E-state index contributed by atoms with van der Waals surface area (Å²) in [5, 5.41) is 13.6. The fraction of sp³-hybridized carbons (Fsp3) is 0.160. The molecule has 4 unspecified atom stereocenters. The third-order valence-electron chi connectivity index (χ3n) is 23.4. The number of rotatable bonds is 11. The van der Waals surface area contributed by atoms with Crippen molar-refractivity contribution < 1.29 is 0 Å². The maximum absolute atomic E-state index is 2.68. The summed E-state index contributed by atoms with van der Waals surface area (Å²) < 4.78 is 0. The molecule has 0 saturated carbocycles. The molecule has 9 aliphatic carbocycles. The van der Waals surface area contributed by atoms with Gasteiger partial charge in [-0.1, -0.05) is 297 Å². The van der Waals surface area contributed by atoms with Crippen molar-refractivity contribution in [2.45, 2.75) is 94.8 Å². The molecule has 0 bridgehead atoms. The van der Waals surface area contributed by atoms with E-state index in [1.54, 1.807) is 0 Å². The molecule has 100 heavy (non-hydrogen) atoms. The Morgan fingerprint density at radius 2 is 1.07 bits per heavy atom. The molecule has 0 fully saturated rings. The van der Waals surface area contributed by atoms with Crippen LogP contribution in [0.1, 0.15) is 145 Å². The molecule has 0 aliphatic heterocycles. The molecule has 4 atom stereocenters. The van der Waals surface area contributed by atoms with Crippen LogP contribution in [-0.2, 0) is 0 Å². The van der Waals surface area contributed by atoms with E-state index >= 15 is 0 Å². The molecule has 0 N–H and O–H groups in total. The van der Waals surface area contributed by atoms with E-state index in [0.29, 0.717) is 0 Å². The molecule has 0 heteroatoms. The van der Waals surface area contributed by atoms with Gasteiger partial charge in [-0.3, -0.25) is 0 Å². The highest BCUT2D eigenvalue weighted by Crippen LogP contribution is 2.54. The molecular formula is C100H80. The molecule has 0 saturated heterocycles. The van der Waals surface area contributed by atoms with Crippen LogP contribution in [0.4, 0.5) is 0 Å². The van der Waals surface area contributed by atoms with Gasteiger partial charge in [-0.2, -0.15) is 0 Å². The summed E-state index contributed by atoms with van der Waals surface area (Å²) in [7, 11) is 0. The van der Waals surface area contributed by atoms with Crippen molar-refractivity contribution in [1.29, 1.82) is 0 Å². The van der Waals surface area contributed by atoms with Gasteiger partial charge < -0.3 is 0 Å². The van der Waals surface area contributed by atoms with Crippen molar-refractivity contribution in [3.8, 4) is 22.3 Å². The lowest BCUT2D eigenvalue weighted by molar-refractivity contribution is 0.649. The summed E-state index contributed by atoms with van der Waals surface area (Å²) in [5.74, 6) is 0.596. The first-order chi connectivity index (χ1) is 49.6. The van der Waals surface area contributed by atoms with E-state index in [9.17, 15) is 0 Å². The van der Waals surface area contributed by atoms with Crippen LogP contribution in [0.15, 0.2) is 308 Å². The highest BCUT2D eigenvalue weighted by atomic mass is 14.4. The third kappa shape index (κ3) is 10.5. The smallest absolute Gasteiger partial charge is 0.0199 e. The maximum atomic E-state index is 2.68. The molecule has 0 nitrogen and oxygen atoms in total. The Kier molecular flexibility index (Phi) is 15.5. The van der Waals surface area contributed by atoms with E-state index < -0.39 is 0 Å². The first kappa shape index (κ1) is 60.3. The van der Waals surface area contributed by atoms with Crippen molar-refractivity contribution in [3.05, 3.63) is 389 Å². The van der Waals surface area contributed by atoms with Crippen LogP contribution in [0.25, 0.3) is 102 Å². The van der Waals surface area contributed by atoms with Gasteiger partial charge in [-0.05, 0) is 271 Å². The Labute approximate surface area is 587 Å². The number of hydrogen-bond donors (Lipinski definition) is 0. The summed E-state index contributed by atoms with van der Waals surface area (Å²) in [4.78, 5) is 0. The Bertz CT molecular complexity index is 5900. The average Bonchev–Trinajstić information content (AvgIpc) is 0.780. The van der Waals surface area contributed by atoms with Crippen molar-refractivity contribution in [2.75, 3.05) is 0 Å². The van der Waals surface area contributed by atoms with Crippen molar-refractivity contribution >= 4 is 79.3 Å². The average molecular weight is 1280 g/mol. The van der Waals surface area contributed by atoms with Crippen LogP contribution < -0.4 is 31.3 Å². The summed E-state index contributed by atoms with van der Waals surface area (Å²) in [6, 6.07) is 77.7. The maximum Gasteiger partial charge on any atom is 0.0199 e. The quantitative estimate of drug-likeness (QED) is 0.113. The van der Waals surface area contributed by atoms with Gasteiger partial charge in [-0.15, -0.1) is 0 Å². The van der Waals surface area contributed by atoms with Crippen molar-refractivity contribution in [1.82, 2.24) is 0 Å². The molecule has 19 rings (SSSR count). The zero-order valence-corrected chi connectivity index (χ0v) is 56.8. The molecular weight excluding hydrogens is 1200 g/mol. The fourth-order valence-electron chi connectivity index (χ4n) is 19.0. The van der Waals surface area contributed by atoms with Crippen LogP contribution in [0.2, 0.25) is 0 Å². The molecule has 10 aromatic carbocycles. The molecule has 0 heterocycles. The Hall–Kier alpha value is -10.9. The largest absolute Gasteiger partial charge is 0.0836 e. The lowest BCUT2D eigenvalue weighted by Crippen LogP contribution is -2.30. The van der Waals surface area contributed by atoms with Gasteiger partial charge in [0.15, 0.2) is 0 Å². The van der Waals surface area contributed by atoms with Crippen LogP contribution in [0, 0.1) is 5.92 Å². The second-order valence-electron chi connectivity index (χ2n) is 28.9. The fourth-order valence-corrected chi connectivity index (χ4v) is 19.0. The van der Waals surface area contributed by atoms with Crippen LogP contribution >= 0.6 is 0 Å². The lowest BCUT2D eigenvalue weighted by Gasteiger charge is -2.37. The van der Waals surface area contributed by atoms with Crippen LogP contribution in [0.5, 0.6) is 0 Å². The molecule has 480 valence electrons.